The third-order valence-electron chi connectivity index (χ3n) is 2.36. The van der Waals surface area contributed by atoms with Gasteiger partial charge in [0.25, 0.3) is 5.91 Å². The van der Waals surface area contributed by atoms with Gasteiger partial charge in [0.1, 0.15) is 6.04 Å². The average molecular weight is 221 g/mol. The first-order valence-electron chi connectivity index (χ1n) is 5.02. The van der Waals surface area contributed by atoms with Gasteiger partial charge in [0.05, 0.1) is 0 Å². The van der Waals surface area contributed by atoms with Gasteiger partial charge >= 0.3 is 5.97 Å². The number of carboxylic acid groups (broad SMARTS) is 1. The molecule has 0 saturated heterocycles. The van der Waals surface area contributed by atoms with Crippen molar-refractivity contribution in [3.8, 4) is 0 Å². The fourth-order valence-electron chi connectivity index (χ4n) is 1.32. The van der Waals surface area contributed by atoms with Gasteiger partial charge in [-0.1, -0.05) is 17.7 Å². The van der Waals surface area contributed by atoms with E-state index in [0.29, 0.717) is 5.56 Å². The summed E-state index contributed by atoms with van der Waals surface area (Å²) in [4.78, 5) is 22.4. The minimum absolute atomic E-state index is 0.351. The molecule has 4 heteroatoms. The van der Waals surface area contributed by atoms with Crippen molar-refractivity contribution in [3.05, 3.63) is 34.9 Å². The normalized spacial score (nSPS) is 11.9. The lowest BCUT2D eigenvalue weighted by Crippen LogP contribution is -2.38. The highest BCUT2D eigenvalue weighted by atomic mass is 16.4. The zero-order valence-corrected chi connectivity index (χ0v) is 9.57. The zero-order chi connectivity index (χ0) is 12.3. The van der Waals surface area contributed by atoms with Crippen LogP contribution < -0.4 is 5.32 Å². The average Bonchev–Trinajstić information content (AvgIpc) is 2.21. The molecule has 0 fully saturated rings. The second-order valence-corrected chi connectivity index (χ2v) is 3.85. The minimum Gasteiger partial charge on any atom is -0.480 e. The highest BCUT2D eigenvalue weighted by Gasteiger charge is 2.16. The molecule has 86 valence electrons. The summed E-state index contributed by atoms with van der Waals surface area (Å²) >= 11 is 0. The van der Waals surface area contributed by atoms with Crippen molar-refractivity contribution in [1.82, 2.24) is 5.32 Å². The van der Waals surface area contributed by atoms with Gasteiger partial charge in [-0.05, 0) is 32.4 Å². The topological polar surface area (TPSA) is 66.4 Å². The molecule has 0 aliphatic heterocycles. The quantitative estimate of drug-likeness (QED) is 0.813. The molecule has 1 aromatic rings. The van der Waals surface area contributed by atoms with E-state index in [1.54, 1.807) is 6.07 Å². The number of nitrogens with one attached hydrogen (secondary N) is 1. The highest BCUT2D eigenvalue weighted by molar-refractivity contribution is 5.97. The van der Waals surface area contributed by atoms with Crippen LogP contribution in [0.5, 0.6) is 0 Å². The molecule has 0 spiro atoms. The lowest BCUT2D eigenvalue weighted by atomic mass is 10.0. The number of hydrogen-bond acceptors (Lipinski definition) is 2. The van der Waals surface area contributed by atoms with Crippen LogP contribution in [0.2, 0.25) is 0 Å². The van der Waals surface area contributed by atoms with Crippen LogP contribution >= 0.6 is 0 Å². The Morgan fingerprint density at radius 2 is 1.94 bits per heavy atom. The second-order valence-electron chi connectivity index (χ2n) is 3.85. The first-order valence-corrected chi connectivity index (χ1v) is 5.02. The van der Waals surface area contributed by atoms with Crippen LogP contribution in [0.15, 0.2) is 18.2 Å². The van der Waals surface area contributed by atoms with Crippen molar-refractivity contribution in [3.63, 3.8) is 0 Å². The highest BCUT2D eigenvalue weighted by Crippen LogP contribution is 2.10. The predicted octanol–water partition coefficient (Wildman–Crippen LogP) is 1.51. The Morgan fingerprint density at radius 3 is 2.50 bits per heavy atom. The fraction of sp³-hybridized carbons (Fsp3) is 0.333. The van der Waals surface area contributed by atoms with Crippen molar-refractivity contribution >= 4 is 11.9 Å². The summed E-state index contributed by atoms with van der Waals surface area (Å²) in [5, 5.41) is 11.1. The molecule has 0 bridgehead atoms. The molecule has 16 heavy (non-hydrogen) atoms. The summed E-state index contributed by atoms with van der Waals surface area (Å²) in [5.74, 6) is -1.39. The summed E-state index contributed by atoms with van der Waals surface area (Å²) in [7, 11) is 0. The van der Waals surface area contributed by atoms with Crippen LogP contribution in [0.3, 0.4) is 0 Å². The number of benzene rings is 1. The minimum atomic E-state index is -1.04. The first-order chi connectivity index (χ1) is 7.41. The lowest BCUT2D eigenvalue weighted by molar-refractivity contribution is -0.138. The van der Waals surface area contributed by atoms with Gasteiger partial charge in [-0.25, -0.2) is 0 Å². The Hall–Kier alpha value is -1.84. The van der Waals surface area contributed by atoms with Gasteiger partial charge in [-0.2, -0.15) is 0 Å². The van der Waals surface area contributed by atoms with E-state index >= 15 is 0 Å². The van der Waals surface area contributed by atoms with Gasteiger partial charge < -0.3 is 10.4 Å². The standard InChI is InChI=1S/C12H15NO3/c1-7-4-5-8(2)10(6-7)11(14)13-9(3)12(15)16/h4-6,9H,1-3H3,(H,13,14)(H,15,16). The van der Waals surface area contributed by atoms with Crippen LogP contribution in [-0.4, -0.2) is 23.0 Å². The third-order valence-corrected chi connectivity index (χ3v) is 2.36. The number of carbonyl (C=O) groups excluding carboxylic acids is 1. The number of carbonyl (C=O) groups is 2. The van der Waals surface area contributed by atoms with Crippen molar-refractivity contribution in [1.29, 1.82) is 0 Å². The van der Waals surface area contributed by atoms with E-state index < -0.39 is 12.0 Å². The summed E-state index contributed by atoms with van der Waals surface area (Å²) in [6.07, 6.45) is 0. The Balaban J connectivity index is 2.88. The van der Waals surface area contributed by atoms with Crippen molar-refractivity contribution < 1.29 is 14.7 Å². The summed E-state index contributed by atoms with van der Waals surface area (Å²) < 4.78 is 0. The summed E-state index contributed by atoms with van der Waals surface area (Å²) in [6, 6.07) is 4.62. The number of amides is 1. The molecular formula is C12H15NO3. The maximum Gasteiger partial charge on any atom is 0.325 e. The molecule has 0 heterocycles. The lowest BCUT2D eigenvalue weighted by Gasteiger charge is -2.11. The molecule has 1 rings (SSSR count). The molecule has 1 unspecified atom stereocenters. The van der Waals surface area contributed by atoms with Crippen LogP contribution in [0.1, 0.15) is 28.4 Å². The van der Waals surface area contributed by atoms with E-state index in [-0.39, 0.29) is 5.91 Å². The molecule has 0 aliphatic rings. The molecule has 0 saturated carbocycles. The number of aryl methyl sites for hydroxylation is 2. The fourth-order valence-corrected chi connectivity index (χ4v) is 1.32. The Kier molecular flexibility index (Phi) is 3.66. The molecule has 4 nitrogen and oxygen atoms in total. The third kappa shape index (κ3) is 2.82. The van der Waals surface area contributed by atoms with Crippen LogP contribution in [0, 0.1) is 13.8 Å². The number of hydrogen-bond donors (Lipinski definition) is 2. The van der Waals surface area contributed by atoms with Gasteiger partial charge in [0.2, 0.25) is 0 Å². The Morgan fingerprint density at radius 1 is 1.31 bits per heavy atom. The van der Waals surface area contributed by atoms with Crippen molar-refractivity contribution in [2.24, 2.45) is 0 Å². The Bertz CT molecular complexity index is 426. The van der Waals surface area contributed by atoms with Crippen LogP contribution in [0.25, 0.3) is 0 Å². The summed E-state index contributed by atoms with van der Waals surface area (Å²) in [5.41, 5.74) is 2.33. The molecule has 2 N–H and O–H groups in total. The van der Waals surface area contributed by atoms with Crippen LogP contribution in [0.4, 0.5) is 0 Å². The number of aliphatic carboxylic acids is 1. The van der Waals surface area contributed by atoms with Gasteiger partial charge in [0.15, 0.2) is 0 Å². The molecule has 0 aromatic heterocycles. The molecule has 1 atom stereocenters. The Labute approximate surface area is 94.3 Å². The summed E-state index contributed by atoms with van der Waals surface area (Å²) in [6.45, 7) is 5.14. The largest absolute Gasteiger partial charge is 0.480 e. The maximum atomic E-state index is 11.8. The molecule has 1 amide bonds. The number of carboxylic acids is 1. The van der Waals surface area contributed by atoms with Crippen molar-refractivity contribution in [2.45, 2.75) is 26.8 Å². The van der Waals surface area contributed by atoms with Crippen LogP contribution in [-0.2, 0) is 4.79 Å². The van der Waals surface area contributed by atoms with Crippen molar-refractivity contribution in [2.75, 3.05) is 0 Å². The smallest absolute Gasteiger partial charge is 0.325 e. The van der Waals surface area contributed by atoms with E-state index in [0.717, 1.165) is 11.1 Å². The van der Waals surface area contributed by atoms with Gasteiger partial charge in [-0.15, -0.1) is 0 Å². The number of rotatable bonds is 3. The van der Waals surface area contributed by atoms with Gasteiger partial charge in [0, 0.05) is 5.56 Å². The molecule has 0 aliphatic carbocycles. The van der Waals surface area contributed by atoms with E-state index in [2.05, 4.69) is 5.32 Å². The SMILES string of the molecule is Cc1ccc(C)c(C(=O)NC(C)C(=O)O)c1. The molecule has 0 radical (unpaired) electrons. The van der Waals surface area contributed by atoms with Gasteiger partial charge in [-0.3, -0.25) is 9.59 Å². The maximum absolute atomic E-state index is 11.8. The van der Waals surface area contributed by atoms with E-state index in [1.165, 1.54) is 6.92 Å². The zero-order valence-electron chi connectivity index (χ0n) is 9.57. The molecule has 1 aromatic carbocycles. The second kappa shape index (κ2) is 4.79. The monoisotopic (exact) mass is 221 g/mol. The molecular weight excluding hydrogens is 206 g/mol. The van der Waals surface area contributed by atoms with E-state index in [1.807, 2.05) is 26.0 Å². The first kappa shape index (κ1) is 12.2. The van der Waals surface area contributed by atoms with E-state index in [9.17, 15) is 9.59 Å². The predicted molar refractivity (Wildman–Crippen MR) is 60.5 cm³/mol. The van der Waals surface area contributed by atoms with E-state index in [4.69, 9.17) is 5.11 Å².